The lowest BCUT2D eigenvalue weighted by Crippen LogP contribution is -2.48. The molecular formula is C16H24ClN3O. The Kier molecular flexibility index (Phi) is 6.49. The summed E-state index contributed by atoms with van der Waals surface area (Å²) in [6.45, 7) is 3.01. The number of hydrogen-bond donors (Lipinski definition) is 2. The van der Waals surface area contributed by atoms with Gasteiger partial charge in [-0.3, -0.25) is 9.69 Å². The van der Waals surface area contributed by atoms with Crippen LogP contribution in [0, 0.1) is 0 Å². The van der Waals surface area contributed by atoms with E-state index >= 15 is 0 Å². The molecule has 0 saturated carbocycles. The van der Waals surface area contributed by atoms with E-state index in [2.05, 4.69) is 15.5 Å². The fourth-order valence-corrected chi connectivity index (χ4v) is 2.90. The smallest absolute Gasteiger partial charge is 0.234 e. The van der Waals surface area contributed by atoms with E-state index in [1.165, 1.54) is 19.3 Å². The monoisotopic (exact) mass is 309 g/mol. The average Bonchev–Trinajstić information content (AvgIpc) is 2.49. The molecule has 1 fully saturated rings. The second-order valence-electron chi connectivity index (χ2n) is 5.58. The van der Waals surface area contributed by atoms with Crippen molar-refractivity contribution in [1.82, 2.24) is 15.5 Å². The normalized spacial score (nSPS) is 19.4. The number of hydrogen-bond acceptors (Lipinski definition) is 3. The molecule has 1 amide bonds. The average molecular weight is 310 g/mol. The number of benzene rings is 1. The first-order chi connectivity index (χ1) is 10.2. The molecule has 1 aromatic carbocycles. The lowest BCUT2D eigenvalue weighted by molar-refractivity contribution is -0.123. The zero-order valence-electron chi connectivity index (χ0n) is 12.6. The molecule has 1 unspecified atom stereocenters. The van der Waals surface area contributed by atoms with Crippen LogP contribution in [-0.2, 0) is 11.3 Å². The SMILES string of the molecule is CNCC1CCCCN1CC(=O)NCc1ccc(Cl)cc1. The van der Waals surface area contributed by atoms with E-state index in [0.717, 1.165) is 18.7 Å². The number of likely N-dealkylation sites (tertiary alicyclic amines) is 1. The van der Waals surface area contributed by atoms with Crippen molar-refractivity contribution < 1.29 is 4.79 Å². The number of rotatable bonds is 6. The lowest BCUT2D eigenvalue weighted by Gasteiger charge is -2.35. The Morgan fingerprint density at radius 1 is 1.33 bits per heavy atom. The molecule has 5 heteroatoms. The number of nitrogens with one attached hydrogen (secondary N) is 2. The minimum absolute atomic E-state index is 0.0907. The van der Waals surface area contributed by atoms with Crippen LogP contribution in [0.15, 0.2) is 24.3 Å². The molecular weight excluding hydrogens is 286 g/mol. The topological polar surface area (TPSA) is 44.4 Å². The maximum Gasteiger partial charge on any atom is 0.234 e. The third-order valence-electron chi connectivity index (χ3n) is 3.94. The van der Waals surface area contributed by atoms with Gasteiger partial charge in [0.2, 0.25) is 5.91 Å². The van der Waals surface area contributed by atoms with Gasteiger partial charge in [-0.1, -0.05) is 30.2 Å². The van der Waals surface area contributed by atoms with E-state index in [-0.39, 0.29) is 5.91 Å². The summed E-state index contributed by atoms with van der Waals surface area (Å²) in [4.78, 5) is 14.4. The van der Waals surface area contributed by atoms with E-state index in [1.807, 2.05) is 31.3 Å². The van der Waals surface area contributed by atoms with Crippen molar-refractivity contribution in [1.29, 1.82) is 0 Å². The summed E-state index contributed by atoms with van der Waals surface area (Å²) in [5.41, 5.74) is 1.07. The summed E-state index contributed by atoms with van der Waals surface area (Å²) in [6.07, 6.45) is 3.62. The molecule has 0 spiro atoms. The van der Waals surface area contributed by atoms with E-state index in [9.17, 15) is 4.79 Å². The van der Waals surface area contributed by atoms with Crippen molar-refractivity contribution in [2.45, 2.75) is 31.8 Å². The summed E-state index contributed by atoms with van der Waals surface area (Å²) in [5, 5.41) is 6.92. The molecule has 0 bridgehead atoms. The van der Waals surface area contributed by atoms with Gasteiger partial charge in [-0.05, 0) is 44.1 Å². The number of halogens is 1. The highest BCUT2D eigenvalue weighted by Crippen LogP contribution is 2.16. The molecule has 0 radical (unpaired) electrons. The second-order valence-corrected chi connectivity index (χ2v) is 6.02. The third kappa shape index (κ3) is 5.30. The zero-order chi connectivity index (χ0) is 15.1. The molecule has 21 heavy (non-hydrogen) atoms. The Labute approximate surface area is 131 Å². The maximum absolute atomic E-state index is 12.1. The lowest BCUT2D eigenvalue weighted by atomic mass is 10.0. The predicted molar refractivity (Wildman–Crippen MR) is 86.4 cm³/mol. The van der Waals surface area contributed by atoms with Gasteiger partial charge in [0.15, 0.2) is 0 Å². The molecule has 1 aliphatic heterocycles. The Balaban J connectivity index is 1.78. The van der Waals surface area contributed by atoms with E-state index in [0.29, 0.717) is 24.2 Å². The van der Waals surface area contributed by atoms with Gasteiger partial charge in [0.1, 0.15) is 0 Å². The number of nitrogens with zero attached hydrogens (tertiary/aromatic N) is 1. The summed E-state index contributed by atoms with van der Waals surface area (Å²) in [5.74, 6) is 0.0907. The van der Waals surface area contributed by atoms with E-state index in [4.69, 9.17) is 11.6 Å². The highest BCUT2D eigenvalue weighted by Gasteiger charge is 2.23. The summed E-state index contributed by atoms with van der Waals surface area (Å²) in [7, 11) is 1.97. The number of likely N-dealkylation sites (N-methyl/N-ethyl adjacent to an activating group) is 1. The van der Waals surface area contributed by atoms with Crippen molar-refractivity contribution >= 4 is 17.5 Å². The Morgan fingerprint density at radius 2 is 2.10 bits per heavy atom. The van der Waals surface area contributed by atoms with Gasteiger partial charge in [0, 0.05) is 24.2 Å². The fraction of sp³-hybridized carbons (Fsp3) is 0.562. The largest absolute Gasteiger partial charge is 0.351 e. The minimum atomic E-state index is 0.0907. The molecule has 1 atom stereocenters. The molecule has 1 saturated heterocycles. The molecule has 1 heterocycles. The first kappa shape index (κ1) is 16.3. The van der Waals surface area contributed by atoms with Crippen LogP contribution in [0.4, 0.5) is 0 Å². The van der Waals surface area contributed by atoms with Gasteiger partial charge in [-0.2, -0.15) is 0 Å². The van der Waals surface area contributed by atoms with E-state index in [1.54, 1.807) is 0 Å². The Bertz CT molecular complexity index is 447. The molecule has 1 aliphatic rings. The highest BCUT2D eigenvalue weighted by molar-refractivity contribution is 6.30. The van der Waals surface area contributed by atoms with Gasteiger partial charge in [-0.15, -0.1) is 0 Å². The van der Waals surface area contributed by atoms with Crippen molar-refractivity contribution in [3.63, 3.8) is 0 Å². The summed E-state index contributed by atoms with van der Waals surface area (Å²) in [6, 6.07) is 8.04. The van der Waals surface area contributed by atoms with Crippen molar-refractivity contribution in [3.8, 4) is 0 Å². The standard InChI is InChI=1S/C16H24ClN3O/c1-18-11-15-4-2-3-9-20(15)12-16(21)19-10-13-5-7-14(17)8-6-13/h5-8,15,18H,2-4,9-12H2,1H3,(H,19,21). The molecule has 1 aromatic rings. The van der Waals surface area contributed by atoms with E-state index < -0.39 is 0 Å². The van der Waals surface area contributed by atoms with Crippen molar-refractivity contribution in [2.75, 3.05) is 26.7 Å². The van der Waals surface area contributed by atoms with Crippen molar-refractivity contribution in [2.24, 2.45) is 0 Å². The molecule has 2 rings (SSSR count). The number of carbonyl (C=O) groups excluding carboxylic acids is 1. The van der Waals surface area contributed by atoms with Crippen LogP contribution < -0.4 is 10.6 Å². The number of carbonyl (C=O) groups is 1. The van der Waals surface area contributed by atoms with Crippen LogP contribution in [0.25, 0.3) is 0 Å². The fourth-order valence-electron chi connectivity index (χ4n) is 2.78. The van der Waals surface area contributed by atoms with Crippen molar-refractivity contribution in [3.05, 3.63) is 34.9 Å². The molecule has 0 aliphatic carbocycles. The first-order valence-electron chi connectivity index (χ1n) is 7.59. The molecule has 0 aromatic heterocycles. The quantitative estimate of drug-likeness (QED) is 0.845. The Morgan fingerprint density at radius 3 is 2.81 bits per heavy atom. The highest BCUT2D eigenvalue weighted by atomic mass is 35.5. The summed E-state index contributed by atoms with van der Waals surface area (Å²) < 4.78 is 0. The molecule has 116 valence electrons. The predicted octanol–water partition coefficient (Wildman–Crippen LogP) is 2.03. The maximum atomic E-state index is 12.1. The van der Waals surface area contributed by atoms with Crippen LogP contribution in [0.3, 0.4) is 0 Å². The van der Waals surface area contributed by atoms with Gasteiger partial charge in [-0.25, -0.2) is 0 Å². The van der Waals surface area contributed by atoms with Crippen LogP contribution in [0.1, 0.15) is 24.8 Å². The Hall–Kier alpha value is -1.10. The minimum Gasteiger partial charge on any atom is -0.351 e. The first-order valence-corrected chi connectivity index (χ1v) is 7.96. The van der Waals surface area contributed by atoms with Crippen LogP contribution >= 0.6 is 11.6 Å². The molecule has 2 N–H and O–H groups in total. The van der Waals surface area contributed by atoms with Gasteiger partial charge >= 0.3 is 0 Å². The summed E-state index contributed by atoms with van der Waals surface area (Å²) >= 11 is 5.85. The zero-order valence-corrected chi connectivity index (χ0v) is 13.3. The third-order valence-corrected chi connectivity index (χ3v) is 4.19. The number of piperidine rings is 1. The van der Waals surface area contributed by atoms with Crippen LogP contribution in [0.2, 0.25) is 5.02 Å². The number of amides is 1. The van der Waals surface area contributed by atoms with Gasteiger partial charge < -0.3 is 10.6 Å². The second kappa shape index (κ2) is 8.37. The van der Waals surface area contributed by atoms with Crippen LogP contribution in [-0.4, -0.2) is 43.5 Å². The van der Waals surface area contributed by atoms with Gasteiger partial charge in [0.25, 0.3) is 0 Å². The molecule has 4 nitrogen and oxygen atoms in total. The van der Waals surface area contributed by atoms with Gasteiger partial charge in [0.05, 0.1) is 6.54 Å². The van der Waals surface area contributed by atoms with Crippen LogP contribution in [0.5, 0.6) is 0 Å².